The third-order valence-corrected chi connectivity index (χ3v) is 3.87. The number of aromatic nitrogens is 2. The Balaban J connectivity index is 2.13. The van der Waals surface area contributed by atoms with Crippen LogP contribution in [0.1, 0.15) is 48.8 Å². The first-order chi connectivity index (χ1) is 10.0. The van der Waals surface area contributed by atoms with Crippen molar-refractivity contribution in [1.82, 2.24) is 9.78 Å². The van der Waals surface area contributed by atoms with Gasteiger partial charge in [-0.3, -0.25) is 9.48 Å². The normalized spacial score (nSPS) is 11.0. The van der Waals surface area contributed by atoms with E-state index in [1.54, 1.807) is 18.2 Å². The molecule has 1 heterocycles. The molecule has 2 rings (SSSR count). The summed E-state index contributed by atoms with van der Waals surface area (Å²) in [6.45, 7) is 4.27. The Hall–Kier alpha value is -1.81. The van der Waals surface area contributed by atoms with Crippen molar-refractivity contribution in [2.75, 3.05) is 5.73 Å². The largest absolute Gasteiger partial charge is 0.398 e. The molecule has 2 N–H and O–H groups in total. The molecule has 0 saturated heterocycles. The summed E-state index contributed by atoms with van der Waals surface area (Å²) >= 11 is 5.84. The standard InChI is InChI=1S/C16H20ClN3O/c1-3-13(4-2)20-8-7-12(19-20)10-16(21)14-6-5-11(17)9-15(14)18/h5-9,13H,3-4,10,18H2,1-2H3. The number of nitrogen functional groups attached to an aromatic ring is 1. The fourth-order valence-corrected chi connectivity index (χ4v) is 2.57. The summed E-state index contributed by atoms with van der Waals surface area (Å²) in [7, 11) is 0. The molecule has 0 aliphatic carbocycles. The van der Waals surface area contributed by atoms with Crippen LogP contribution in [0, 0.1) is 0 Å². The Morgan fingerprint density at radius 2 is 2.05 bits per heavy atom. The Labute approximate surface area is 129 Å². The van der Waals surface area contributed by atoms with Gasteiger partial charge < -0.3 is 5.73 Å². The molecule has 0 saturated carbocycles. The molecule has 2 aromatic rings. The topological polar surface area (TPSA) is 60.9 Å². The van der Waals surface area contributed by atoms with Crippen LogP contribution >= 0.6 is 11.6 Å². The minimum Gasteiger partial charge on any atom is -0.398 e. The third-order valence-electron chi connectivity index (χ3n) is 3.64. The zero-order chi connectivity index (χ0) is 15.4. The van der Waals surface area contributed by atoms with Gasteiger partial charge in [0, 0.05) is 22.5 Å². The molecule has 0 atom stereocenters. The minimum absolute atomic E-state index is 0.0426. The first-order valence-corrected chi connectivity index (χ1v) is 7.55. The monoisotopic (exact) mass is 305 g/mol. The van der Waals surface area contributed by atoms with Crippen LogP contribution < -0.4 is 5.73 Å². The molecule has 21 heavy (non-hydrogen) atoms. The summed E-state index contributed by atoms with van der Waals surface area (Å²) in [5, 5.41) is 5.02. The van der Waals surface area contributed by atoms with Gasteiger partial charge in [0.2, 0.25) is 0 Å². The molecule has 4 nitrogen and oxygen atoms in total. The van der Waals surface area contributed by atoms with Crippen LogP contribution in [0.15, 0.2) is 30.5 Å². The Bertz CT molecular complexity index is 632. The molecule has 1 aromatic carbocycles. The molecule has 0 bridgehead atoms. The first kappa shape index (κ1) is 15.6. The lowest BCUT2D eigenvalue weighted by molar-refractivity contribution is 0.0992. The molecule has 0 unspecified atom stereocenters. The van der Waals surface area contributed by atoms with Gasteiger partial charge in [0.05, 0.1) is 18.2 Å². The van der Waals surface area contributed by atoms with E-state index in [-0.39, 0.29) is 12.2 Å². The van der Waals surface area contributed by atoms with Crippen LogP contribution in [-0.4, -0.2) is 15.6 Å². The number of nitrogens with two attached hydrogens (primary N) is 1. The van der Waals surface area contributed by atoms with Gasteiger partial charge in [0.25, 0.3) is 0 Å². The number of benzene rings is 1. The molecule has 0 fully saturated rings. The number of carbonyl (C=O) groups excluding carboxylic acids is 1. The Morgan fingerprint density at radius 1 is 1.33 bits per heavy atom. The number of rotatable bonds is 6. The van der Waals surface area contributed by atoms with E-state index in [2.05, 4.69) is 18.9 Å². The van der Waals surface area contributed by atoms with Gasteiger partial charge in [-0.1, -0.05) is 25.4 Å². The van der Waals surface area contributed by atoms with Gasteiger partial charge in [-0.05, 0) is 37.1 Å². The second-order valence-electron chi connectivity index (χ2n) is 5.09. The van der Waals surface area contributed by atoms with E-state index >= 15 is 0 Å². The van der Waals surface area contributed by atoms with E-state index in [4.69, 9.17) is 17.3 Å². The van der Waals surface area contributed by atoms with E-state index in [0.29, 0.717) is 22.3 Å². The maximum absolute atomic E-state index is 12.3. The van der Waals surface area contributed by atoms with Crippen LogP contribution in [0.5, 0.6) is 0 Å². The Kier molecular flexibility index (Phi) is 5.02. The van der Waals surface area contributed by atoms with Crippen molar-refractivity contribution in [3.8, 4) is 0 Å². The van der Waals surface area contributed by atoms with Gasteiger partial charge >= 0.3 is 0 Å². The van der Waals surface area contributed by atoms with Gasteiger partial charge in [0.15, 0.2) is 5.78 Å². The van der Waals surface area contributed by atoms with Crippen LogP contribution in [0.25, 0.3) is 0 Å². The summed E-state index contributed by atoms with van der Waals surface area (Å²) in [6.07, 6.45) is 4.23. The van der Waals surface area contributed by atoms with Crippen molar-refractivity contribution >= 4 is 23.1 Å². The fourth-order valence-electron chi connectivity index (χ4n) is 2.39. The summed E-state index contributed by atoms with van der Waals surface area (Å²) in [5.74, 6) is -0.0426. The van der Waals surface area contributed by atoms with Crippen molar-refractivity contribution in [1.29, 1.82) is 0 Å². The van der Waals surface area contributed by atoms with Crippen LogP contribution in [-0.2, 0) is 6.42 Å². The maximum atomic E-state index is 12.3. The summed E-state index contributed by atoms with van der Waals surface area (Å²) in [5.41, 5.74) is 7.51. The van der Waals surface area contributed by atoms with Crippen molar-refractivity contribution in [2.24, 2.45) is 0 Å². The van der Waals surface area contributed by atoms with Gasteiger partial charge in [0.1, 0.15) is 0 Å². The lowest BCUT2D eigenvalue weighted by Gasteiger charge is -2.12. The molecule has 0 aliphatic heterocycles. The zero-order valence-electron chi connectivity index (χ0n) is 12.3. The highest BCUT2D eigenvalue weighted by Crippen LogP contribution is 2.20. The molecule has 0 amide bonds. The van der Waals surface area contributed by atoms with Crippen molar-refractivity contribution in [3.05, 3.63) is 46.7 Å². The smallest absolute Gasteiger partial charge is 0.170 e. The van der Waals surface area contributed by atoms with E-state index < -0.39 is 0 Å². The molecule has 0 radical (unpaired) electrons. The summed E-state index contributed by atoms with van der Waals surface area (Å²) in [4.78, 5) is 12.3. The number of hydrogen-bond acceptors (Lipinski definition) is 3. The van der Waals surface area contributed by atoms with Crippen LogP contribution in [0.2, 0.25) is 5.02 Å². The van der Waals surface area contributed by atoms with Crippen LogP contribution in [0.4, 0.5) is 5.69 Å². The number of ketones is 1. The molecule has 0 aliphatic rings. The molecule has 112 valence electrons. The van der Waals surface area contributed by atoms with Crippen LogP contribution in [0.3, 0.4) is 0 Å². The molecule has 1 aromatic heterocycles. The average molecular weight is 306 g/mol. The summed E-state index contributed by atoms with van der Waals surface area (Å²) < 4.78 is 1.94. The van der Waals surface area contributed by atoms with Crippen molar-refractivity contribution in [3.63, 3.8) is 0 Å². The number of anilines is 1. The maximum Gasteiger partial charge on any atom is 0.170 e. The quantitative estimate of drug-likeness (QED) is 0.650. The minimum atomic E-state index is -0.0426. The average Bonchev–Trinajstić information content (AvgIpc) is 2.88. The van der Waals surface area contributed by atoms with Gasteiger partial charge in [-0.25, -0.2) is 0 Å². The van der Waals surface area contributed by atoms with Gasteiger partial charge in [-0.15, -0.1) is 0 Å². The van der Waals surface area contributed by atoms with Gasteiger partial charge in [-0.2, -0.15) is 5.10 Å². The number of carbonyl (C=O) groups is 1. The highest BCUT2D eigenvalue weighted by molar-refractivity contribution is 6.31. The Morgan fingerprint density at radius 3 is 2.67 bits per heavy atom. The molecular weight excluding hydrogens is 286 g/mol. The van der Waals surface area contributed by atoms with Crippen molar-refractivity contribution in [2.45, 2.75) is 39.2 Å². The number of hydrogen-bond donors (Lipinski definition) is 1. The second kappa shape index (κ2) is 6.76. The molecule has 0 spiro atoms. The second-order valence-corrected chi connectivity index (χ2v) is 5.53. The first-order valence-electron chi connectivity index (χ1n) is 7.17. The van der Waals surface area contributed by atoms with Crippen molar-refractivity contribution < 1.29 is 4.79 Å². The molecular formula is C16H20ClN3O. The predicted octanol–water partition coefficient (Wildman–Crippen LogP) is 3.91. The predicted molar refractivity (Wildman–Crippen MR) is 85.7 cm³/mol. The lowest BCUT2D eigenvalue weighted by Crippen LogP contribution is -2.10. The lowest BCUT2D eigenvalue weighted by atomic mass is 10.1. The number of nitrogens with zero attached hydrogens (tertiary/aromatic N) is 2. The van der Waals surface area contributed by atoms with E-state index in [1.807, 2.05) is 16.9 Å². The molecule has 5 heteroatoms. The third kappa shape index (κ3) is 3.64. The summed E-state index contributed by atoms with van der Waals surface area (Å²) in [6, 6.07) is 7.21. The number of halogens is 1. The van der Waals surface area contributed by atoms with E-state index in [1.165, 1.54) is 0 Å². The van der Waals surface area contributed by atoms with E-state index in [9.17, 15) is 4.79 Å². The SMILES string of the molecule is CCC(CC)n1ccc(CC(=O)c2ccc(Cl)cc2N)n1. The number of Topliss-reactive ketones (excluding diaryl/α,β-unsaturated/α-hetero) is 1. The highest BCUT2D eigenvalue weighted by atomic mass is 35.5. The van der Waals surface area contributed by atoms with E-state index in [0.717, 1.165) is 18.5 Å². The fraction of sp³-hybridized carbons (Fsp3) is 0.375. The zero-order valence-corrected chi connectivity index (χ0v) is 13.1. The highest BCUT2D eigenvalue weighted by Gasteiger charge is 2.14.